The number of hydrogen-bond donors (Lipinski definition) is 4. The average molecular weight is 435 g/mol. The normalized spacial score (nSPS) is 13.0. The van der Waals surface area contributed by atoms with Crippen LogP contribution in [0.1, 0.15) is 25.1 Å². The van der Waals surface area contributed by atoms with Crippen molar-refractivity contribution in [3.63, 3.8) is 0 Å². The SMILES string of the molecule is Cc1nn(-c2ccccc2)c(N=Nc2ncc(NC[C@@H](C)O)nc2NCC(C)O)c1C#N. The summed E-state index contributed by atoms with van der Waals surface area (Å²) in [6.07, 6.45) is 0.286. The van der Waals surface area contributed by atoms with Crippen LogP contribution in [-0.2, 0) is 0 Å². The van der Waals surface area contributed by atoms with E-state index in [1.807, 2.05) is 30.3 Å². The molecule has 166 valence electrons. The summed E-state index contributed by atoms with van der Waals surface area (Å²) in [5.41, 5.74) is 1.57. The molecule has 2 heterocycles. The van der Waals surface area contributed by atoms with Crippen LogP contribution in [-0.4, -0.2) is 55.3 Å². The minimum absolute atomic E-state index is 0.176. The van der Waals surface area contributed by atoms with Gasteiger partial charge in [-0.15, -0.1) is 10.2 Å². The molecule has 3 rings (SSSR count). The number of anilines is 2. The molecule has 2 atom stereocenters. The number of rotatable bonds is 9. The maximum atomic E-state index is 9.63. The molecule has 0 fully saturated rings. The number of para-hydroxylation sites is 1. The molecular weight excluding hydrogens is 410 g/mol. The lowest BCUT2D eigenvalue weighted by molar-refractivity contribution is 0.208. The van der Waals surface area contributed by atoms with Gasteiger partial charge in [0.15, 0.2) is 11.6 Å². The maximum absolute atomic E-state index is 9.63. The molecule has 0 aliphatic rings. The van der Waals surface area contributed by atoms with Crippen LogP contribution in [0.4, 0.5) is 23.3 Å². The summed E-state index contributed by atoms with van der Waals surface area (Å²) in [7, 11) is 0. The molecular formula is C21H25N9O2. The molecule has 0 radical (unpaired) electrons. The molecule has 1 unspecified atom stereocenters. The van der Waals surface area contributed by atoms with E-state index in [1.54, 1.807) is 25.5 Å². The Morgan fingerprint density at radius 1 is 1.09 bits per heavy atom. The Morgan fingerprint density at radius 2 is 1.78 bits per heavy atom. The predicted molar refractivity (Wildman–Crippen MR) is 120 cm³/mol. The van der Waals surface area contributed by atoms with Crippen LogP contribution >= 0.6 is 0 Å². The zero-order chi connectivity index (χ0) is 23.1. The summed E-state index contributed by atoms with van der Waals surface area (Å²) in [4.78, 5) is 8.70. The fraction of sp³-hybridized carbons (Fsp3) is 0.333. The average Bonchev–Trinajstić information content (AvgIpc) is 3.11. The van der Waals surface area contributed by atoms with Gasteiger partial charge in [-0.3, -0.25) is 0 Å². The molecule has 0 amide bonds. The lowest BCUT2D eigenvalue weighted by atomic mass is 10.2. The third kappa shape index (κ3) is 5.63. The van der Waals surface area contributed by atoms with E-state index in [4.69, 9.17) is 0 Å². The highest BCUT2D eigenvalue weighted by atomic mass is 16.3. The summed E-state index contributed by atoms with van der Waals surface area (Å²) in [6.45, 7) is 5.54. The van der Waals surface area contributed by atoms with Gasteiger partial charge in [0.2, 0.25) is 5.82 Å². The first-order valence-electron chi connectivity index (χ1n) is 10.1. The van der Waals surface area contributed by atoms with Gasteiger partial charge in [0.05, 0.1) is 29.8 Å². The zero-order valence-corrected chi connectivity index (χ0v) is 18.1. The smallest absolute Gasteiger partial charge is 0.217 e. The molecule has 0 saturated heterocycles. The predicted octanol–water partition coefficient (Wildman–Crippen LogP) is 2.84. The number of aliphatic hydroxyl groups excluding tert-OH is 2. The summed E-state index contributed by atoms with van der Waals surface area (Å²) in [5.74, 6) is 1.18. The van der Waals surface area contributed by atoms with Crippen molar-refractivity contribution in [2.75, 3.05) is 23.7 Å². The Kier molecular flexibility index (Phi) is 7.43. The standard InChI is InChI=1S/C21H25N9O2/c1-13(31)10-23-18-12-25-20(19(26-18)24-11-14(2)32)27-28-21-17(9-22)15(3)29-30(21)16-7-5-4-6-8-16/h4-8,12-14,31-32H,10-11H2,1-3H3,(H2,23,24,26)/t13-,14?/m1/s1. The molecule has 0 saturated carbocycles. The Balaban J connectivity index is 1.99. The highest BCUT2D eigenvalue weighted by Crippen LogP contribution is 2.29. The lowest BCUT2D eigenvalue weighted by Gasteiger charge is -2.12. The minimum Gasteiger partial charge on any atom is -0.392 e. The van der Waals surface area contributed by atoms with Gasteiger partial charge in [0.1, 0.15) is 17.5 Å². The van der Waals surface area contributed by atoms with Crippen molar-refractivity contribution >= 4 is 23.3 Å². The second kappa shape index (κ2) is 10.4. The van der Waals surface area contributed by atoms with Crippen LogP contribution in [0.3, 0.4) is 0 Å². The van der Waals surface area contributed by atoms with Gasteiger partial charge >= 0.3 is 0 Å². The fourth-order valence-electron chi connectivity index (χ4n) is 2.74. The first-order valence-corrected chi connectivity index (χ1v) is 10.1. The van der Waals surface area contributed by atoms with Crippen molar-refractivity contribution in [3.05, 3.63) is 47.8 Å². The van der Waals surface area contributed by atoms with Gasteiger partial charge in [-0.25, -0.2) is 14.6 Å². The van der Waals surface area contributed by atoms with Crippen molar-refractivity contribution in [3.8, 4) is 11.8 Å². The first kappa shape index (κ1) is 22.8. The highest BCUT2D eigenvalue weighted by Gasteiger charge is 2.17. The third-order valence-electron chi connectivity index (χ3n) is 4.28. The Bertz CT molecular complexity index is 1120. The minimum atomic E-state index is -0.622. The topological polar surface area (TPSA) is 157 Å². The highest BCUT2D eigenvalue weighted by molar-refractivity contribution is 5.60. The largest absolute Gasteiger partial charge is 0.392 e. The number of hydrogen-bond acceptors (Lipinski definition) is 10. The number of nitrogens with zero attached hydrogens (tertiary/aromatic N) is 7. The van der Waals surface area contributed by atoms with Crippen LogP contribution in [0.2, 0.25) is 0 Å². The Hall–Kier alpha value is -3.88. The fourth-order valence-corrected chi connectivity index (χ4v) is 2.74. The number of aliphatic hydroxyl groups is 2. The van der Waals surface area contributed by atoms with Crippen LogP contribution in [0.15, 0.2) is 46.8 Å². The summed E-state index contributed by atoms with van der Waals surface area (Å²) in [6, 6.07) is 11.4. The Labute approximate surface area is 185 Å². The number of nitrogens with one attached hydrogen (secondary N) is 2. The molecule has 2 aromatic heterocycles. The van der Waals surface area contributed by atoms with Crippen LogP contribution in [0, 0.1) is 18.3 Å². The van der Waals surface area contributed by atoms with E-state index in [-0.39, 0.29) is 18.2 Å². The van der Waals surface area contributed by atoms with Crippen LogP contribution in [0.5, 0.6) is 0 Å². The van der Waals surface area contributed by atoms with E-state index in [0.29, 0.717) is 29.4 Å². The van der Waals surface area contributed by atoms with E-state index < -0.39 is 12.2 Å². The van der Waals surface area contributed by atoms with E-state index in [9.17, 15) is 15.5 Å². The molecule has 1 aromatic carbocycles. The van der Waals surface area contributed by atoms with E-state index in [0.717, 1.165) is 5.69 Å². The quantitative estimate of drug-likeness (QED) is 0.374. The van der Waals surface area contributed by atoms with Gasteiger partial charge < -0.3 is 20.8 Å². The second-order valence-electron chi connectivity index (χ2n) is 7.23. The molecule has 4 N–H and O–H groups in total. The molecule has 0 bridgehead atoms. The number of nitriles is 1. The van der Waals surface area contributed by atoms with Gasteiger partial charge in [0, 0.05) is 13.1 Å². The molecule has 3 aromatic rings. The van der Waals surface area contributed by atoms with E-state index >= 15 is 0 Å². The van der Waals surface area contributed by atoms with Crippen molar-refractivity contribution in [1.29, 1.82) is 5.26 Å². The molecule has 0 spiro atoms. The first-order chi connectivity index (χ1) is 15.4. The van der Waals surface area contributed by atoms with Gasteiger partial charge in [-0.2, -0.15) is 10.4 Å². The van der Waals surface area contributed by atoms with Crippen molar-refractivity contribution in [1.82, 2.24) is 19.7 Å². The molecule has 32 heavy (non-hydrogen) atoms. The monoisotopic (exact) mass is 435 g/mol. The van der Waals surface area contributed by atoms with Crippen molar-refractivity contribution in [2.24, 2.45) is 10.2 Å². The van der Waals surface area contributed by atoms with Crippen molar-refractivity contribution in [2.45, 2.75) is 33.0 Å². The summed E-state index contributed by atoms with van der Waals surface area (Å²) < 4.78 is 1.55. The summed E-state index contributed by atoms with van der Waals surface area (Å²) in [5, 5.41) is 47.6. The number of aromatic nitrogens is 4. The van der Waals surface area contributed by atoms with E-state index in [1.165, 1.54) is 6.20 Å². The number of aryl methyl sites for hydroxylation is 1. The van der Waals surface area contributed by atoms with Gasteiger partial charge in [-0.05, 0) is 32.9 Å². The van der Waals surface area contributed by atoms with E-state index in [2.05, 4.69) is 42.0 Å². The van der Waals surface area contributed by atoms with Crippen LogP contribution < -0.4 is 10.6 Å². The number of benzene rings is 1. The molecule has 11 nitrogen and oxygen atoms in total. The Morgan fingerprint density at radius 3 is 2.44 bits per heavy atom. The van der Waals surface area contributed by atoms with Gasteiger partial charge in [-0.1, -0.05) is 18.2 Å². The zero-order valence-electron chi connectivity index (χ0n) is 18.1. The van der Waals surface area contributed by atoms with Crippen LogP contribution in [0.25, 0.3) is 5.69 Å². The second-order valence-corrected chi connectivity index (χ2v) is 7.23. The molecule has 0 aliphatic heterocycles. The third-order valence-corrected chi connectivity index (χ3v) is 4.28. The summed E-state index contributed by atoms with van der Waals surface area (Å²) >= 11 is 0. The number of azo groups is 1. The molecule has 11 heteroatoms. The maximum Gasteiger partial charge on any atom is 0.217 e. The molecule has 0 aliphatic carbocycles. The van der Waals surface area contributed by atoms with Gasteiger partial charge in [0.25, 0.3) is 0 Å². The van der Waals surface area contributed by atoms with Crippen molar-refractivity contribution < 1.29 is 10.2 Å². The lowest BCUT2D eigenvalue weighted by Crippen LogP contribution is -2.18.